The van der Waals surface area contributed by atoms with Crippen LogP contribution in [0.3, 0.4) is 0 Å². The molecule has 1 heterocycles. The first kappa shape index (κ1) is 15.5. The molecule has 0 unspecified atom stereocenters. The van der Waals surface area contributed by atoms with Crippen LogP contribution in [0.5, 0.6) is 0 Å². The molecule has 0 spiro atoms. The predicted molar refractivity (Wildman–Crippen MR) is 95.7 cm³/mol. The van der Waals surface area contributed by atoms with Gasteiger partial charge in [-0.05, 0) is 36.2 Å². The Morgan fingerprint density at radius 1 is 1.18 bits per heavy atom. The summed E-state index contributed by atoms with van der Waals surface area (Å²) >= 11 is 9.32. The Kier molecular flexibility index (Phi) is 4.48. The fraction of sp³-hybridized carbons (Fsp3) is 0.167. The minimum atomic E-state index is -0.571. The van der Waals surface area contributed by atoms with Crippen molar-refractivity contribution in [1.82, 2.24) is 4.98 Å². The number of para-hydroxylation sites is 1. The summed E-state index contributed by atoms with van der Waals surface area (Å²) in [7, 11) is 0. The number of alkyl halides is 1. The third-order valence-corrected chi connectivity index (χ3v) is 4.58. The van der Waals surface area contributed by atoms with E-state index in [1.54, 1.807) is 0 Å². The molecule has 0 radical (unpaired) electrons. The Morgan fingerprint density at radius 3 is 2.59 bits per heavy atom. The molecule has 4 heteroatoms. The van der Waals surface area contributed by atoms with Crippen molar-refractivity contribution in [3.8, 4) is 11.3 Å². The Balaban J connectivity index is 2.28. The number of nitrogens with zero attached hydrogens (tertiary/aromatic N) is 1. The van der Waals surface area contributed by atoms with E-state index >= 15 is 0 Å². The lowest BCUT2D eigenvalue weighted by Gasteiger charge is -2.14. The largest absolute Gasteiger partial charge is 0.388 e. The molecule has 0 amide bonds. The maximum atomic E-state index is 10.3. The highest BCUT2D eigenvalue weighted by molar-refractivity contribution is 9.09. The Bertz CT molecular complexity index is 817. The highest BCUT2D eigenvalue weighted by Crippen LogP contribution is 2.31. The van der Waals surface area contributed by atoms with E-state index in [4.69, 9.17) is 16.6 Å². The number of hydrogen-bond acceptors (Lipinski definition) is 2. The summed E-state index contributed by atoms with van der Waals surface area (Å²) in [5, 5.41) is 12.5. The molecule has 0 bridgehead atoms. The summed E-state index contributed by atoms with van der Waals surface area (Å²) < 4.78 is 0. The summed E-state index contributed by atoms with van der Waals surface area (Å²) in [6.45, 7) is 2.03. The Hall–Kier alpha value is -1.42. The van der Waals surface area contributed by atoms with Gasteiger partial charge in [0.1, 0.15) is 0 Å². The van der Waals surface area contributed by atoms with E-state index in [0.717, 1.165) is 33.3 Å². The Labute approximate surface area is 142 Å². The smallest absolute Gasteiger partial charge is 0.0894 e. The Morgan fingerprint density at radius 2 is 1.91 bits per heavy atom. The summed E-state index contributed by atoms with van der Waals surface area (Å²) in [5.74, 6) is 0. The molecule has 3 rings (SSSR count). The van der Waals surface area contributed by atoms with Crippen LogP contribution >= 0.6 is 27.5 Å². The molecule has 0 fully saturated rings. The SMILES string of the molecule is Cc1cccc2c([C@H](O)CBr)cc(-c3ccc(Cl)cc3)nc12. The van der Waals surface area contributed by atoms with E-state index in [1.807, 2.05) is 55.5 Å². The minimum absolute atomic E-state index is 0.486. The summed E-state index contributed by atoms with van der Waals surface area (Å²) in [5.41, 5.74) is 4.72. The van der Waals surface area contributed by atoms with Crippen molar-refractivity contribution in [3.63, 3.8) is 0 Å². The number of benzene rings is 2. The molecule has 3 aromatic rings. The van der Waals surface area contributed by atoms with E-state index in [2.05, 4.69) is 15.9 Å². The number of halogens is 2. The van der Waals surface area contributed by atoms with Crippen molar-refractivity contribution in [2.75, 3.05) is 5.33 Å². The number of aromatic nitrogens is 1. The highest BCUT2D eigenvalue weighted by Gasteiger charge is 2.14. The molecule has 2 nitrogen and oxygen atoms in total. The van der Waals surface area contributed by atoms with Crippen molar-refractivity contribution in [1.29, 1.82) is 0 Å². The molecule has 112 valence electrons. The zero-order chi connectivity index (χ0) is 15.7. The fourth-order valence-electron chi connectivity index (χ4n) is 2.55. The van der Waals surface area contributed by atoms with Crippen molar-refractivity contribution in [3.05, 3.63) is 64.7 Å². The van der Waals surface area contributed by atoms with E-state index in [0.29, 0.717) is 10.4 Å². The molecule has 1 N–H and O–H groups in total. The molecule has 22 heavy (non-hydrogen) atoms. The van der Waals surface area contributed by atoms with Crippen LogP contribution in [0.4, 0.5) is 0 Å². The van der Waals surface area contributed by atoms with Gasteiger partial charge in [0.25, 0.3) is 0 Å². The number of pyridine rings is 1. The fourth-order valence-corrected chi connectivity index (χ4v) is 3.02. The number of aryl methyl sites for hydroxylation is 1. The average Bonchev–Trinajstić information content (AvgIpc) is 2.54. The maximum absolute atomic E-state index is 10.3. The number of fused-ring (bicyclic) bond motifs is 1. The number of hydrogen-bond donors (Lipinski definition) is 1. The van der Waals surface area contributed by atoms with E-state index in [9.17, 15) is 5.11 Å². The molecular weight excluding hydrogens is 362 g/mol. The quantitative estimate of drug-likeness (QED) is 0.630. The predicted octanol–water partition coefficient (Wildman–Crippen LogP) is 5.29. The van der Waals surface area contributed by atoms with Crippen LogP contribution in [-0.4, -0.2) is 15.4 Å². The van der Waals surface area contributed by atoms with Gasteiger partial charge in [-0.1, -0.05) is 57.9 Å². The number of rotatable bonds is 3. The van der Waals surface area contributed by atoms with Gasteiger partial charge in [0.05, 0.1) is 17.3 Å². The molecule has 0 aliphatic heterocycles. The van der Waals surface area contributed by atoms with Gasteiger partial charge < -0.3 is 5.11 Å². The third-order valence-electron chi connectivity index (χ3n) is 3.72. The normalized spacial score (nSPS) is 12.5. The zero-order valence-electron chi connectivity index (χ0n) is 12.1. The van der Waals surface area contributed by atoms with Crippen molar-refractivity contribution < 1.29 is 5.11 Å². The number of aliphatic hydroxyl groups excluding tert-OH is 1. The van der Waals surface area contributed by atoms with E-state index in [-0.39, 0.29) is 0 Å². The van der Waals surface area contributed by atoms with E-state index in [1.165, 1.54) is 0 Å². The molecule has 1 atom stereocenters. The van der Waals surface area contributed by atoms with Crippen LogP contribution < -0.4 is 0 Å². The van der Waals surface area contributed by atoms with Crippen LogP contribution in [0.15, 0.2) is 48.5 Å². The van der Waals surface area contributed by atoms with Gasteiger partial charge in [-0.15, -0.1) is 0 Å². The van der Waals surface area contributed by atoms with Gasteiger partial charge in [-0.2, -0.15) is 0 Å². The third kappa shape index (κ3) is 2.89. The second kappa shape index (κ2) is 6.37. The van der Waals surface area contributed by atoms with Gasteiger partial charge in [-0.25, -0.2) is 4.98 Å². The van der Waals surface area contributed by atoms with Gasteiger partial charge >= 0.3 is 0 Å². The van der Waals surface area contributed by atoms with Crippen LogP contribution in [0.2, 0.25) is 5.02 Å². The van der Waals surface area contributed by atoms with Crippen LogP contribution in [0, 0.1) is 6.92 Å². The maximum Gasteiger partial charge on any atom is 0.0894 e. The van der Waals surface area contributed by atoms with Gasteiger partial charge in [-0.3, -0.25) is 0 Å². The van der Waals surface area contributed by atoms with Crippen molar-refractivity contribution in [2.24, 2.45) is 0 Å². The van der Waals surface area contributed by atoms with Crippen molar-refractivity contribution >= 4 is 38.4 Å². The van der Waals surface area contributed by atoms with Crippen molar-refractivity contribution in [2.45, 2.75) is 13.0 Å². The molecule has 1 aromatic heterocycles. The van der Waals surface area contributed by atoms with Gasteiger partial charge in [0.2, 0.25) is 0 Å². The molecule has 0 aliphatic rings. The second-order valence-electron chi connectivity index (χ2n) is 5.24. The van der Waals surface area contributed by atoms with E-state index < -0.39 is 6.10 Å². The first-order valence-corrected chi connectivity index (χ1v) is 8.50. The van der Waals surface area contributed by atoms with Crippen LogP contribution in [-0.2, 0) is 0 Å². The lowest BCUT2D eigenvalue weighted by Crippen LogP contribution is -2.02. The molecule has 0 saturated carbocycles. The van der Waals surface area contributed by atoms with Gasteiger partial charge in [0.15, 0.2) is 0 Å². The molecule has 0 aliphatic carbocycles. The zero-order valence-corrected chi connectivity index (χ0v) is 14.4. The summed E-state index contributed by atoms with van der Waals surface area (Å²) in [6.07, 6.45) is -0.571. The lowest BCUT2D eigenvalue weighted by atomic mass is 9.99. The summed E-state index contributed by atoms with van der Waals surface area (Å²) in [4.78, 5) is 4.78. The topological polar surface area (TPSA) is 33.1 Å². The first-order chi connectivity index (χ1) is 10.6. The summed E-state index contributed by atoms with van der Waals surface area (Å²) in [6, 6.07) is 15.6. The standard InChI is InChI=1S/C18H15BrClNO/c1-11-3-2-4-14-15(17(22)10-19)9-16(21-18(11)14)12-5-7-13(20)8-6-12/h2-9,17,22H,10H2,1H3/t17-/m1/s1. The lowest BCUT2D eigenvalue weighted by molar-refractivity contribution is 0.207. The van der Waals surface area contributed by atoms with Crippen LogP contribution in [0.25, 0.3) is 22.2 Å². The van der Waals surface area contributed by atoms with Gasteiger partial charge in [0, 0.05) is 21.3 Å². The van der Waals surface area contributed by atoms with Crippen LogP contribution in [0.1, 0.15) is 17.2 Å². The second-order valence-corrected chi connectivity index (χ2v) is 6.33. The highest BCUT2D eigenvalue weighted by atomic mass is 79.9. The first-order valence-electron chi connectivity index (χ1n) is 7.00. The average molecular weight is 377 g/mol. The molecule has 2 aromatic carbocycles. The monoisotopic (exact) mass is 375 g/mol. The number of aliphatic hydroxyl groups is 1. The molecular formula is C18H15BrClNO. The molecule has 0 saturated heterocycles. The minimum Gasteiger partial charge on any atom is -0.388 e.